The molecule has 1 amide bonds. The number of carbonyl (C=O) groups excluding carboxylic acids is 2. The number of nitrogens with zero attached hydrogens (tertiary/aromatic N) is 1. The molecule has 1 heterocycles. The van der Waals surface area contributed by atoms with E-state index in [0.29, 0.717) is 39.0 Å². The van der Waals surface area contributed by atoms with E-state index in [1.807, 2.05) is 6.07 Å². The Kier molecular flexibility index (Phi) is 5.20. The van der Waals surface area contributed by atoms with Gasteiger partial charge in [-0.2, -0.15) is 0 Å². The third-order valence-corrected chi connectivity index (χ3v) is 4.82. The minimum absolute atomic E-state index is 0.292. The van der Waals surface area contributed by atoms with E-state index in [1.165, 1.54) is 0 Å². The van der Waals surface area contributed by atoms with E-state index < -0.39 is 5.97 Å². The molecule has 3 rings (SSSR count). The normalized spacial score (nSPS) is 10.8. The van der Waals surface area contributed by atoms with Crippen LogP contribution in [0.2, 0.25) is 10.0 Å². The smallest absolute Gasteiger partial charge is 0.338 e. The van der Waals surface area contributed by atoms with E-state index in [4.69, 9.17) is 27.9 Å². The van der Waals surface area contributed by atoms with Gasteiger partial charge >= 0.3 is 5.97 Å². The highest BCUT2D eigenvalue weighted by molar-refractivity contribution is 6.45. The molecule has 1 N–H and O–H groups in total. The maximum Gasteiger partial charge on any atom is 0.338 e. The van der Waals surface area contributed by atoms with Crippen LogP contribution in [0.1, 0.15) is 27.8 Å². The Balaban J connectivity index is 1.84. The molecule has 0 bridgehead atoms. The van der Waals surface area contributed by atoms with Gasteiger partial charge in [0.15, 0.2) is 0 Å². The fraction of sp³-hybridized carbons (Fsp3) is 0.158. The Morgan fingerprint density at radius 3 is 2.46 bits per heavy atom. The molecule has 1 aromatic heterocycles. The van der Waals surface area contributed by atoms with Crippen molar-refractivity contribution in [3.05, 3.63) is 63.8 Å². The molecule has 0 spiro atoms. The molecule has 0 saturated heterocycles. The summed E-state index contributed by atoms with van der Waals surface area (Å²) in [5.41, 5.74) is 2.24. The maximum absolute atomic E-state index is 12.6. The highest BCUT2D eigenvalue weighted by Gasteiger charge is 2.16. The molecule has 0 fully saturated rings. The van der Waals surface area contributed by atoms with Gasteiger partial charge in [0, 0.05) is 23.6 Å². The number of benzene rings is 2. The van der Waals surface area contributed by atoms with Crippen LogP contribution in [0.4, 0.5) is 5.69 Å². The number of fused-ring (bicyclic) bond motifs is 1. The first-order chi connectivity index (χ1) is 12.4. The van der Waals surface area contributed by atoms with Gasteiger partial charge in [0.25, 0.3) is 5.91 Å². The molecular formula is C19H16Cl2N2O3. The highest BCUT2D eigenvalue weighted by Crippen LogP contribution is 2.32. The number of aromatic nitrogens is 1. The number of nitrogens with one attached hydrogen (secondary N) is 1. The summed E-state index contributed by atoms with van der Waals surface area (Å²) < 4.78 is 6.69. The molecule has 0 radical (unpaired) electrons. The summed E-state index contributed by atoms with van der Waals surface area (Å²) in [5, 5.41) is 4.37. The van der Waals surface area contributed by atoms with Crippen LogP contribution in [0.5, 0.6) is 0 Å². The number of ether oxygens (including phenoxy) is 1. The zero-order valence-electron chi connectivity index (χ0n) is 14.2. The second-order valence-corrected chi connectivity index (χ2v) is 6.42. The van der Waals surface area contributed by atoms with Crippen molar-refractivity contribution in [2.24, 2.45) is 7.05 Å². The standard InChI is InChI=1S/C19H16Cl2N2O3/c1-3-26-19(25)11-4-6-12(7-5-11)22-18(24)16-10-13-15(23(16)2)9-8-14(20)17(13)21/h4-10H,3H2,1-2H3,(H,22,24). The van der Waals surface area contributed by atoms with Crippen LogP contribution >= 0.6 is 23.2 Å². The van der Waals surface area contributed by atoms with Crippen LogP contribution in [0.25, 0.3) is 10.9 Å². The molecule has 134 valence electrons. The van der Waals surface area contributed by atoms with Gasteiger partial charge in [-0.3, -0.25) is 4.79 Å². The van der Waals surface area contributed by atoms with Crippen LogP contribution in [0, 0.1) is 0 Å². The van der Waals surface area contributed by atoms with Crippen LogP contribution in [0.15, 0.2) is 42.5 Å². The van der Waals surface area contributed by atoms with Crippen molar-refractivity contribution in [1.29, 1.82) is 0 Å². The van der Waals surface area contributed by atoms with Crippen molar-refractivity contribution < 1.29 is 14.3 Å². The molecule has 0 aliphatic heterocycles. The molecule has 0 atom stereocenters. The third kappa shape index (κ3) is 3.41. The minimum Gasteiger partial charge on any atom is -0.462 e. The molecular weight excluding hydrogens is 375 g/mol. The summed E-state index contributed by atoms with van der Waals surface area (Å²) in [5.74, 6) is -0.689. The molecule has 7 heteroatoms. The van der Waals surface area contributed by atoms with Crippen LogP contribution < -0.4 is 5.32 Å². The van der Waals surface area contributed by atoms with Gasteiger partial charge in [0.2, 0.25) is 0 Å². The number of hydrogen-bond donors (Lipinski definition) is 1. The first-order valence-corrected chi connectivity index (χ1v) is 8.70. The Morgan fingerprint density at radius 2 is 1.81 bits per heavy atom. The number of carbonyl (C=O) groups is 2. The van der Waals surface area contributed by atoms with Gasteiger partial charge in [0.1, 0.15) is 5.69 Å². The quantitative estimate of drug-likeness (QED) is 0.643. The topological polar surface area (TPSA) is 60.3 Å². The molecule has 0 unspecified atom stereocenters. The fourth-order valence-corrected chi connectivity index (χ4v) is 3.05. The van der Waals surface area contributed by atoms with Crippen LogP contribution in [-0.2, 0) is 11.8 Å². The van der Waals surface area contributed by atoms with E-state index in [2.05, 4.69) is 5.32 Å². The Bertz CT molecular complexity index is 994. The van der Waals surface area contributed by atoms with Gasteiger partial charge in [-0.1, -0.05) is 23.2 Å². The maximum atomic E-state index is 12.6. The summed E-state index contributed by atoms with van der Waals surface area (Å²) >= 11 is 12.3. The van der Waals surface area contributed by atoms with E-state index in [9.17, 15) is 9.59 Å². The van der Waals surface area contributed by atoms with Crippen molar-refractivity contribution in [1.82, 2.24) is 4.57 Å². The first kappa shape index (κ1) is 18.3. The van der Waals surface area contributed by atoms with Crippen molar-refractivity contribution in [2.45, 2.75) is 6.92 Å². The molecule has 2 aromatic carbocycles. The summed E-state index contributed by atoms with van der Waals surface area (Å²) in [6.45, 7) is 2.06. The highest BCUT2D eigenvalue weighted by atomic mass is 35.5. The molecule has 0 saturated carbocycles. The Labute approximate surface area is 160 Å². The van der Waals surface area contributed by atoms with Crippen molar-refractivity contribution in [3.63, 3.8) is 0 Å². The Morgan fingerprint density at radius 1 is 1.12 bits per heavy atom. The average Bonchev–Trinajstić information content (AvgIpc) is 2.96. The monoisotopic (exact) mass is 390 g/mol. The lowest BCUT2D eigenvalue weighted by Gasteiger charge is -2.07. The predicted octanol–water partition coefficient (Wildman–Crippen LogP) is 4.91. The van der Waals surface area contributed by atoms with Gasteiger partial charge < -0.3 is 14.6 Å². The van der Waals surface area contributed by atoms with E-state index in [-0.39, 0.29) is 5.91 Å². The van der Waals surface area contributed by atoms with Gasteiger partial charge in [0.05, 0.1) is 22.2 Å². The number of esters is 1. The summed E-state index contributed by atoms with van der Waals surface area (Å²) in [7, 11) is 1.78. The van der Waals surface area contributed by atoms with Crippen LogP contribution in [0.3, 0.4) is 0 Å². The number of anilines is 1. The summed E-state index contributed by atoms with van der Waals surface area (Å²) in [6.07, 6.45) is 0. The zero-order valence-corrected chi connectivity index (χ0v) is 15.7. The van der Waals surface area contributed by atoms with Gasteiger partial charge in [-0.15, -0.1) is 0 Å². The molecule has 3 aromatic rings. The Hall–Kier alpha value is -2.50. The van der Waals surface area contributed by atoms with Crippen molar-refractivity contribution in [2.75, 3.05) is 11.9 Å². The molecule has 26 heavy (non-hydrogen) atoms. The average molecular weight is 391 g/mol. The lowest BCUT2D eigenvalue weighted by molar-refractivity contribution is 0.0526. The van der Waals surface area contributed by atoms with E-state index in [1.54, 1.807) is 54.9 Å². The molecule has 5 nitrogen and oxygen atoms in total. The second kappa shape index (κ2) is 7.40. The first-order valence-electron chi connectivity index (χ1n) is 7.94. The van der Waals surface area contributed by atoms with Crippen molar-refractivity contribution >= 4 is 51.7 Å². The second-order valence-electron chi connectivity index (χ2n) is 5.63. The number of aryl methyl sites for hydroxylation is 1. The lowest BCUT2D eigenvalue weighted by atomic mass is 10.2. The van der Waals surface area contributed by atoms with E-state index in [0.717, 1.165) is 5.52 Å². The van der Waals surface area contributed by atoms with E-state index >= 15 is 0 Å². The summed E-state index contributed by atoms with van der Waals surface area (Å²) in [6, 6.07) is 11.7. The minimum atomic E-state index is -0.398. The predicted molar refractivity (Wildman–Crippen MR) is 103 cm³/mol. The van der Waals surface area contributed by atoms with Crippen molar-refractivity contribution in [3.8, 4) is 0 Å². The number of hydrogen-bond acceptors (Lipinski definition) is 3. The third-order valence-electron chi connectivity index (χ3n) is 4.00. The SMILES string of the molecule is CCOC(=O)c1ccc(NC(=O)c2cc3c(Cl)c(Cl)ccc3n2C)cc1. The molecule has 0 aliphatic rings. The number of halogens is 2. The number of rotatable bonds is 4. The summed E-state index contributed by atoms with van der Waals surface area (Å²) in [4.78, 5) is 24.3. The van der Waals surface area contributed by atoms with Crippen LogP contribution in [-0.4, -0.2) is 23.1 Å². The largest absolute Gasteiger partial charge is 0.462 e. The zero-order chi connectivity index (χ0) is 18.8. The number of amides is 1. The van der Waals surface area contributed by atoms with Gasteiger partial charge in [-0.05, 0) is 49.4 Å². The fourth-order valence-electron chi connectivity index (χ4n) is 2.67. The van der Waals surface area contributed by atoms with Gasteiger partial charge in [-0.25, -0.2) is 4.79 Å². The molecule has 0 aliphatic carbocycles. The lowest BCUT2D eigenvalue weighted by Crippen LogP contribution is -2.15.